The summed E-state index contributed by atoms with van der Waals surface area (Å²) in [5, 5.41) is 0. The van der Waals surface area contributed by atoms with Crippen LogP contribution in [0.3, 0.4) is 0 Å². The molecule has 0 radical (unpaired) electrons. The average molecular weight is 306 g/mol. The lowest BCUT2D eigenvalue weighted by molar-refractivity contribution is 0.415. The summed E-state index contributed by atoms with van der Waals surface area (Å²) in [7, 11) is 1.65. The molecule has 23 heavy (non-hydrogen) atoms. The van der Waals surface area contributed by atoms with Crippen LogP contribution in [0.15, 0.2) is 42.7 Å². The first-order valence-corrected chi connectivity index (χ1v) is 7.96. The van der Waals surface area contributed by atoms with E-state index in [2.05, 4.69) is 34.8 Å². The fourth-order valence-electron chi connectivity index (χ4n) is 2.02. The van der Waals surface area contributed by atoms with Crippen molar-refractivity contribution in [3.05, 3.63) is 59.7 Å². The third-order valence-corrected chi connectivity index (χ3v) is 3.36. The molecule has 1 aromatic heterocycles. The van der Waals surface area contributed by atoms with E-state index in [0.29, 0.717) is 5.69 Å². The first-order valence-electron chi connectivity index (χ1n) is 7.96. The Labute approximate surface area is 138 Å². The van der Waals surface area contributed by atoms with Gasteiger partial charge in [0, 0.05) is 5.56 Å². The number of aromatic nitrogens is 2. The summed E-state index contributed by atoms with van der Waals surface area (Å²) >= 11 is 0. The van der Waals surface area contributed by atoms with Crippen LogP contribution in [0.5, 0.6) is 5.75 Å². The van der Waals surface area contributed by atoms with Crippen molar-refractivity contribution in [2.45, 2.75) is 32.6 Å². The molecular weight excluding hydrogens is 284 g/mol. The second-order valence-electron chi connectivity index (χ2n) is 5.20. The molecule has 118 valence electrons. The van der Waals surface area contributed by atoms with Gasteiger partial charge in [-0.15, -0.1) is 0 Å². The number of ether oxygens (including phenoxy) is 1. The van der Waals surface area contributed by atoms with Gasteiger partial charge in [-0.25, -0.2) is 4.98 Å². The van der Waals surface area contributed by atoms with Crippen LogP contribution in [0.25, 0.3) is 6.08 Å². The Balaban J connectivity index is 1.93. The van der Waals surface area contributed by atoms with E-state index in [4.69, 9.17) is 4.74 Å². The number of unbranched alkanes of at least 4 members (excludes halogenated alkanes) is 3. The zero-order chi connectivity index (χ0) is 16.3. The third kappa shape index (κ3) is 5.96. The highest BCUT2D eigenvalue weighted by atomic mass is 16.5. The largest absolute Gasteiger partial charge is 0.497 e. The molecular formula is C20H22N2O. The van der Waals surface area contributed by atoms with Crippen molar-refractivity contribution in [3.8, 4) is 17.6 Å². The van der Waals surface area contributed by atoms with E-state index in [9.17, 15) is 0 Å². The van der Waals surface area contributed by atoms with E-state index in [0.717, 1.165) is 23.4 Å². The number of benzene rings is 1. The molecule has 0 aliphatic carbocycles. The van der Waals surface area contributed by atoms with Gasteiger partial charge < -0.3 is 4.74 Å². The second-order valence-corrected chi connectivity index (χ2v) is 5.20. The molecule has 0 amide bonds. The molecule has 3 nitrogen and oxygen atoms in total. The van der Waals surface area contributed by atoms with Crippen LogP contribution < -0.4 is 4.74 Å². The SMILES string of the molecule is CCCCCC=Cc1cnc(C#Cc2ccc(OC)cc2)cn1. The smallest absolute Gasteiger partial charge is 0.131 e. The molecule has 1 aromatic carbocycles. The number of nitrogens with zero attached hydrogens (tertiary/aromatic N) is 2. The van der Waals surface area contributed by atoms with Crippen LogP contribution >= 0.6 is 0 Å². The fourth-order valence-corrected chi connectivity index (χ4v) is 2.02. The molecule has 0 saturated carbocycles. The van der Waals surface area contributed by atoms with Crippen LogP contribution in [0.1, 0.15) is 49.6 Å². The van der Waals surface area contributed by atoms with Gasteiger partial charge in [-0.1, -0.05) is 31.8 Å². The predicted octanol–water partition coefficient (Wildman–Crippen LogP) is 4.48. The molecule has 0 N–H and O–H groups in total. The van der Waals surface area contributed by atoms with Crippen molar-refractivity contribution in [2.24, 2.45) is 0 Å². The summed E-state index contributed by atoms with van der Waals surface area (Å²) in [4.78, 5) is 8.69. The Bertz CT molecular complexity index is 676. The minimum absolute atomic E-state index is 0.670. The number of rotatable bonds is 6. The van der Waals surface area contributed by atoms with Gasteiger partial charge in [-0.05, 0) is 49.1 Å². The lowest BCUT2D eigenvalue weighted by atomic mass is 10.2. The molecule has 0 bridgehead atoms. The molecule has 0 saturated heterocycles. The van der Waals surface area contributed by atoms with Crippen molar-refractivity contribution in [3.63, 3.8) is 0 Å². The van der Waals surface area contributed by atoms with Gasteiger partial charge in [0.25, 0.3) is 0 Å². The molecule has 2 aromatic rings. The van der Waals surface area contributed by atoms with Crippen molar-refractivity contribution >= 4 is 6.08 Å². The molecule has 0 unspecified atom stereocenters. The summed E-state index contributed by atoms with van der Waals surface area (Å²) in [6, 6.07) is 7.63. The van der Waals surface area contributed by atoms with Gasteiger partial charge in [0.2, 0.25) is 0 Å². The van der Waals surface area contributed by atoms with E-state index in [1.165, 1.54) is 19.3 Å². The zero-order valence-electron chi connectivity index (χ0n) is 13.7. The van der Waals surface area contributed by atoms with E-state index in [1.807, 2.05) is 30.3 Å². The summed E-state index contributed by atoms with van der Waals surface area (Å²) < 4.78 is 5.12. The fraction of sp³-hybridized carbons (Fsp3) is 0.300. The highest BCUT2D eigenvalue weighted by Gasteiger charge is 1.93. The third-order valence-electron chi connectivity index (χ3n) is 3.36. The molecule has 0 fully saturated rings. The Kier molecular flexibility index (Phi) is 6.87. The van der Waals surface area contributed by atoms with Crippen LogP contribution in [-0.4, -0.2) is 17.1 Å². The molecule has 0 spiro atoms. The van der Waals surface area contributed by atoms with Gasteiger partial charge in [0.05, 0.1) is 25.2 Å². The maximum absolute atomic E-state index is 5.12. The van der Waals surface area contributed by atoms with Crippen molar-refractivity contribution in [2.75, 3.05) is 7.11 Å². The minimum Gasteiger partial charge on any atom is -0.497 e. The molecule has 0 atom stereocenters. The lowest BCUT2D eigenvalue weighted by Crippen LogP contribution is -1.88. The summed E-state index contributed by atoms with van der Waals surface area (Å²) in [5.74, 6) is 6.92. The van der Waals surface area contributed by atoms with Crippen LogP contribution in [0, 0.1) is 11.8 Å². The van der Waals surface area contributed by atoms with E-state index in [-0.39, 0.29) is 0 Å². The van der Waals surface area contributed by atoms with Gasteiger partial charge in [0.15, 0.2) is 0 Å². The molecule has 1 heterocycles. The normalized spacial score (nSPS) is 10.3. The summed E-state index contributed by atoms with van der Waals surface area (Å²) in [6.45, 7) is 2.21. The van der Waals surface area contributed by atoms with Crippen LogP contribution in [0.4, 0.5) is 0 Å². The second kappa shape index (κ2) is 9.42. The highest BCUT2D eigenvalue weighted by molar-refractivity contribution is 5.45. The maximum Gasteiger partial charge on any atom is 0.131 e. The maximum atomic E-state index is 5.12. The standard InChI is InChI=1S/C20H22N2O/c1-3-4-5-6-7-8-18-15-22-19(16-21-18)12-9-17-10-13-20(23-2)14-11-17/h7-8,10-11,13-16H,3-6H2,1-2H3. The van der Waals surface area contributed by atoms with Gasteiger partial charge >= 0.3 is 0 Å². The van der Waals surface area contributed by atoms with E-state index < -0.39 is 0 Å². The number of allylic oxidation sites excluding steroid dienone is 1. The van der Waals surface area contributed by atoms with Crippen LogP contribution in [-0.2, 0) is 0 Å². The quantitative estimate of drug-likeness (QED) is 0.583. The molecule has 3 heteroatoms. The highest BCUT2D eigenvalue weighted by Crippen LogP contribution is 2.10. The molecule has 0 aliphatic rings. The van der Waals surface area contributed by atoms with E-state index in [1.54, 1.807) is 19.5 Å². The molecule has 2 rings (SSSR count). The predicted molar refractivity (Wildman–Crippen MR) is 94.2 cm³/mol. The van der Waals surface area contributed by atoms with Crippen molar-refractivity contribution in [1.29, 1.82) is 0 Å². The average Bonchev–Trinajstić information content (AvgIpc) is 2.61. The van der Waals surface area contributed by atoms with Crippen LogP contribution in [0.2, 0.25) is 0 Å². The number of hydrogen-bond donors (Lipinski definition) is 0. The molecule has 0 aliphatic heterocycles. The first-order chi connectivity index (χ1) is 11.3. The van der Waals surface area contributed by atoms with Crippen molar-refractivity contribution < 1.29 is 4.74 Å². The van der Waals surface area contributed by atoms with Gasteiger partial charge in [-0.2, -0.15) is 0 Å². The summed E-state index contributed by atoms with van der Waals surface area (Å²) in [5.41, 5.74) is 2.47. The van der Waals surface area contributed by atoms with Gasteiger partial charge in [-0.3, -0.25) is 4.98 Å². The Hall–Kier alpha value is -2.60. The lowest BCUT2D eigenvalue weighted by Gasteiger charge is -1.97. The Morgan fingerprint density at radius 3 is 2.52 bits per heavy atom. The summed E-state index contributed by atoms with van der Waals surface area (Å²) in [6.07, 6.45) is 12.5. The topological polar surface area (TPSA) is 35.0 Å². The Morgan fingerprint density at radius 1 is 1.04 bits per heavy atom. The first kappa shape index (κ1) is 16.8. The van der Waals surface area contributed by atoms with Crippen molar-refractivity contribution in [1.82, 2.24) is 9.97 Å². The zero-order valence-corrected chi connectivity index (χ0v) is 13.7. The number of methoxy groups -OCH3 is 1. The Morgan fingerprint density at radius 2 is 1.87 bits per heavy atom. The minimum atomic E-state index is 0.670. The number of hydrogen-bond acceptors (Lipinski definition) is 3. The monoisotopic (exact) mass is 306 g/mol. The van der Waals surface area contributed by atoms with E-state index >= 15 is 0 Å². The van der Waals surface area contributed by atoms with Gasteiger partial charge in [0.1, 0.15) is 11.4 Å².